The van der Waals surface area contributed by atoms with Crippen LogP contribution in [0, 0.1) is 11.3 Å². The summed E-state index contributed by atoms with van der Waals surface area (Å²) in [6.07, 6.45) is 0. The van der Waals surface area contributed by atoms with E-state index in [0.717, 1.165) is 0 Å². The topological polar surface area (TPSA) is 40.9 Å². The molecule has 0 saturated heterocycles. The average molecular weight is 323 g/mol. The molecule has 0 N–H and O–H groups in total. The molecular formula is C8H2Br2ClNO. The Morgan fingerprint density at radius 3 is 2.54 bits per heavy atom. The summed E-state index contributed by atoms with van der Waals surface area (Å²) in [7, 11) is 0. The van der Waals surface area contributed by atoms with E-state index in [1.54, 1.807) is 12.1 Å². The molecule has 1 rings (SSSR count). The molecule has 0 atom stereocenters. The number of hydrogen-bond acceptors (Lipinski definition) is 2. The molecule has 0 unspecified atom stereocenters. The lowest BCUT2D eigenvalue weighted by Crippen LogP contribution is -1.93. The summed E-state index contributed by atoms with van der Waals surface area (Å²) in [5, 5.41) is 8.10. The summed E-state index contributed by atoms with van der Waals surface area (Å²) in [4.78, 5) is 10.9. The molecule has 0 radical (unpaired) electrons. The van der Waals surface area contributed by atoms with Gasteiger partial charge in [-0.2, -0.15) is 5.26 Å². The van der Waals surface area contributed by atoms with E-state index >= 15 is 0 Å². The van der Waals surface area contributed by atoms with Gasteiger partial charge in [0.25, 0.3) is 5.24 Å². The van der Waals surface area contributed by atoms with Crippen molar-refractivity contribution in [2.45, 2.75) is 0 Å². The van der Waals surface area contributed by atoms with Gasteiger partial charge >= 0.3 is 0 Å². The molecule has 2 nitrogen and oxygen atoms in total. The number of hydrogen-bond donors (Lipinski definition) is 0. The van der Waals surface area contributed by atoms with Gasteiger partial charge in [-0.1, -0.05) is 15.9 Å². The highest BCUT2D eigenvalue weighted by Gasteiger charge is 2.12. The first-order valence-electron chi connectivity index (χ1n) is 3.15. The van der Waals surface area contributed by atoms with E-state index in [1.807, 2.05) is 6.07 Å². The fourth-order valence-electron chi connectivity index (χ4n) is 0.814. The molecule has 1 aromatic carbocycles. The lowest BCUT2D eigenvalue weighted by atomic mass is 10.1. The first-order chi connectivity index (χ1) is 6.06. The van der Waals surface area contributed by atoms with Crippen LogP contribution in [0.25, 0.3) is 0 Å². The van der Waals surface area contributed by atoms with Crippen LogP contribution >= 0.6 is 43.5 Å². The monoisotopic (exact) mass is 321 g/mol. The molecule has 0 bridgehead atoms. The molecule has 0 saturated carbocycles. The molecule has 0 aromatic heterocycles. The Morgan fingerprint density at radius 1 is 1.46 bits per heavy atom. The van der Waals surface area contributed by atoms with Crippen LogP contribution in [0.15, 0.2) is 21.1 Å². The fraction of sp³-hybridized carbons (Fsp3) is 0. The normalized spacial score (nSPS) is 9.38. The third-order valence-corrected chi connectivity index (χ3v) is 2.89. The second-order valence-electron chi connectivity index (χ2n) is 2.20. The minimum Gasteiger partial charge on any atom is -0.276 e. The Bertz CT molecular complexity index is 411. The fourth-order valence-corrected chi connectivity index (χ4v) is 2.03. The molecule has 66 valence electrons. The molecule has 0 aliphatic rings. The second kappa shape index (κ2) is 4.23. The van der Waals surface area contributed by atoms with Crippen LogP contribution in [0.4, 0.5) is 0 Å². The summed E-state index contributed by atoms with van der Waals surface area (Å²) < 4.78 is 1.08. The highest BCUT2D eigenvalue weighted by molar-refractivity contribution is 9.11. The molecule has 0 aliphatic heterocycles. The van der Waals surface area contributed by atoms with Gasteiger partial charge in [-0.3, -0.25) is 4.79 Å². The Balaban J connectivity index is 3.47. The Labute approximate surface area is 96.8 Å². The number of rotatable bonds is 1. The third kappa shape index (κ3) is 2.31. The Morgan fingerprint density at radius 2 is 2.08 bits per heavy atom. The maximum Gasteiger partial charge on any atom is 0.253 e. The van der Waals surface area contributed by atoms with Crippen molar-refractivity contribution < 1.29 is 4.79 Å². The zero-order chi connectivity index (χ0) is 10.0. The van der Waals surface area contributed by atoms with Crippen molar-refractivity contribution in [2.24, 2.45) is 0 Å². The first kappa shape index (κ1) is 10.7. The summed E-state index contributed by atoms with van der Waals surface area (Å²) in [5.74, 6) is 0. The van der Waals surface area contributed by atoms with Gasteiger partial charge in [0.15, 0.2) is 0 Å². The molecule has 0 fully saturated rings. The van der Waals surface area contributed by atoms with Gasteiger partial charge in [-0.25, -0.2) is 0 Å². The van der Waals surface area contributed by atoms with Crippen LogP contribution < -0.4 is 0 Å². The summed E-state index contributed by atoms with van der Waals surface area (Å²) in [6, 6.07) is 5.10. The van der Waals surface area contributed by atoms with Crippen LogP contribution in [0.3, 0.4) is 0 Å². The third-order valence-electron chi connectivity index (χ3n) is 1.37. The molecule has 0 aliphatic carbocycles. The lowest BCUT2D eigenvalue weighted by Gasteiger charge is -2.01. The van der Waals surface area contributed by atoms with Crippen molar-refractivity contribution in [3.8, 4) is 6.07 Å². The minimum atomic E-state index is -0.593. The van der Waals surface area contributed by atoms with E-state index in [9.17, 15) is 4.79 Å². The standard InChI is InChI=1S/C8H2Br2ClNO/c9-5-1-4(3-12)7(10)6(2-5)8(11)13/h1-2H. The average Bonchev–Trinajstić information content (AvgIpc) is 2.08. The molecule has 0 spiro atoms. The zero-order valence-electron chi connectivity index (χ0n) is 6.14. The summed E-state index contributed by atoms with van der Waals surface area (Å²) >= 11 is 11.6. The number of nitrogens with zero attached hydrogens (tertiary/aromatic N) is 1. The zero-order valence-corrected chi connectivity index (χ0v) is 10.1. The van der Waals surface area contributed by atoms with Gasteiger partial charge in [0.2, 0.25) is 0 Å². The van der Waals surface area contributed by atoms with Crippen molar-refractivity contribution >= 4 is 48.7 Å². The van der Waals surface area contributed by atoms with Crippen LogP contribution in [-0.2, 0) is 0 Å². The Hall–Kier alpha value is -0.370. The van der Waals surface area contributed by atoms with Crippen LogP contribution in [0.5, 0.6) is 0 Å². The maximum atomic E-state index is 10.9. The van der Waals surface area contributed by atoms with Crippen molar-refractivity contribution in [1.82, 2.24) is 0 Å². The van der Waals surface area contributed by atoms with Gasteiger partial charge in [-0.05, 0) is 39.7 Å². The highest BCUT2D eigenvalue weighted by Crippen LogP contribution is 2.27. The van der Waals surface area contributed by atoms with Crippen LogP contribution in [0.1, 0.15) is 15.9 Å². The quantitative estimate of drug-likeness (QED) is 0.743. The van der Waals surface area contributed by atoms with Gasteiger partial charge in [0, 0.05) is 8.95 Å². The van der Waals surface area contributed by atoms with Crippen LogP contribution in [-0.4, -0.2) is 5.24 Å². The van der Waals surface area contributed by atoms with Crippen molar-refractivity contribution in [1.29, 1.82) is 5.26 Å². The van der Waals surface area contributed by atoms with Crippen molar-refractivity contribution in [3.63, 3.8) is 0 Å². The predicted molar refractivity (Wildman–Crippen MR) is 56.7 cm³/mol. The SMILES string of the molecule is N#Cc1cc(Br)cc(C(=O)Cl)c1Br. The summed E-state index contributed by atoms with van der Waals surface area (Å²) in [5.41, 5.74) is 0.658. The van der Waals surface area contributed by atoms with E-state index in [-0.39, 0.29) is 5.56 Å². The number of carbonyl (C=O) groups excluding carboxylic acids is 1. The molecular weight excluding hydrogens is 321 g/mol. The number of carbonyl (C=O) groups is 1. The number of nitriles is 1. The number of benzene rings is 1. The van der Waals surface area contributed by atoms with Gasteiger partial charge in [0.1, 0.15) is 6.07 Å². The molecule has 1 aromatic rings. The van der Waals surface area contributed by atoms with Crippen LogP contribution in [0.2, 0.25) is 0 Å². The van der Waals surface area contributed by atoms with E-state index < -0.39 is 5.24 Å². The molecule has 5 heteroatoms. The second-order valence-corrected chi connectivity index (χ2v) is 4.25. The predicted octanol–water partition coefficient (Wildman–Crippen LogP) is 3.46. The Kier molecular flexibility index (Phi) is 3.48. The van der Waals surface area contributed by atoms with Gasteiger partial charge < -0.3 is 0 Å². The van der Waals surface area contributed by atoms with E-state index in [4.69, 9.17) is 16.9 Å². The first-order valence-corrected chi connectivity index (χ1v) is 5.11. The molecule has 0 amide bonds. The van der Waals surface area contributed by atoms with E-state index in [1.165, 1.54) is 0 Å². The number of halogens is 3. The lowest BCUT2D eigenvalue weighted by molar-refractivity contribution is 0.108. The molecule has 0 heterocycles. The van der Waals surface area contributed by atoms with E-state index in [0.29, 0.717) is 14.5 Å². The maximum absolute atomic E-state index is 10.9. The van der Waals surface area contributed by atoms with Crippen molar-refractivity contribution in [3.05, 3.63) is 32.2 Å². The minimum absolute atomic E-state index is 0.285. The largest absolute Gasteiger partial charge is 0.276 e. The summed E-state index contributed by atoms with van der Waals surface area (Å²) in [6.45, 7) is 0. The van der Waals surface area contributed by atoms with E-state index in [2.05, 4.69) is 31.9 Å². The highest BCUT2D eigenvalue weighted by atomic mass is 79.9. The van der Waals surface area contributed by atoms with Crippen molar-refractivity contribution in [2.75, 3.05) is 0 Å². The smallest absolute Gasteiger partial charge is 0.253 e. The van der Waals surface area contributed by atoms with Gasteiger partial charge in [0.05, 0.1) is 11.1 Å². The van der Waals surface area contributed by atoms with Gasteiger partial charge in [-0.15, -0.1) is 0 Å². The molecule has 13 heavy (non-hydrogen) atoms.